The number of carbonyl (C=O) groups excluding carboxylic acids is 1. The molecular formula is C18H23NO2. The standard InChI is InChI=1S/C18H23NO2/c1-5-21-18(20)13-6-7-16-15(10-13)14-8-11(2)12(3)9-17(14)19(16)4/h8-9,13H,5-7,10H2,1-4H3. The van der Waals surface area contributed by atoms with E-state index in [1.54, 1.807) is 0 Å². The molecule has 1 unspecified atom stereocenters. The van der Waals surface area contributed by atoms with E-state index in [0.717, 1.165) is 19.3 Å². The van der Waals surface area contributed by atoms with Gasteiger partial charge in [0.1, 0.15) is 0 Å². The second kappa shape index (κ2) is 5.21. The van der Waals surface area contributed by atoms with Crippen LogP contribution in [0.1, 0.15) is 35.7 Å². The van der Waals surface area contributed by atoms with Crippen molar-refractivity contribution in [1.82, 2.24) is 4.57 Å². The maximum Gasteiger partial charge on any atom is 0.309 e. The molecule has 1 aromatic heterocycles. The molecule has 0 bridgehead atoms. The van der Waals surface area contributed by atoms with Crippen LogP contribution in [0.3, 0.4) is 0 Å². The summed E-state index contributed by atoms with van der Waals surface area (Å²) in [6.07, 6.45) is 2.67. The third-order valence-electron chi connectivity index (χ3n) is 4.85. The number of nitrogens with zero attached hydrogens (tertiary/aromatic N) is 1. The number of aromatic nitrogens is 1. The van der Waals surface area contributed by atoms with Crippen molar-refractivity contribution in [2.24, 2.45) is 13.0 Å². The van der Waals surface area contributed by atoms with Crippen molar-refractivity contribution >= 4 is 16.9 Å². The number of hydrogen-bond acceptors (Lipinski definition) is 2. The van der Waals surface area contributed by atoms with Crippen LogP contribution in [0.2, 0.25) is 0 Å². The first-order valence-corrected chi connectivity index (χ1v) is 7.77. The van der Waals surface area contributed by atoms with Gasteiger partial charge in [-0.1, -0.05) is 0 Å². The van der Waals surface area contributed by atoms with Crippen molar-refractivity contribution in [3.63, 3.8) is 0 Å². The van der Waals surface area contributed by atoms with Gasteiger partial charge in [-0.2, -0.15) is 0 Å². The lowest BCUT2D eigenvalue weighted by Gasteiger charge is -2.21. The first kappa shape index (κ1) is 14.2. The van der Waals surface area contributed by atoms with E-state index < -0.39 is 0 Å². The summed E-state index contributed by atoms with van der Waals surface area (Å²) in [7, 11) is 2.14. The van der Waals surface area contributed by atoms with E-state index in [9.17, 15) is 4.79 Å². The van der Waals surface area contributed by atoms with Gasteiger partial charge in [0.05, 0.1) is 12.5 Å². The molecule has 21 heavy (non-hydrogen) atoms. The fraction of sp³-hybridized carbons (Fsp3) is 0.500. The fourth-order valence-corrected chi connectivity index (χ4v) is 3.49. The van der Waals surface area contributed by atoms with Crippen LogP contribution in [0, 0.1) is 19.8 Å². The van der Waals surface area contributed by atoms with Crippen LogP contribution in [0.15, 0.2) is 12.1 Å². The van der Waals surface area contributed by atoms with Crippen molar-refractivity contribution < 1.29 is 9.53 Å². The molecule has 2 aromatic rings. The molecular weight excluding hydrogens is 262 g/mol. The molecule has 0 aliphatic heterocycles. The number of hydrogen-bond donors (Lipinski definition) is 0. The van der Waals surface area contributed by atoms with Crippen molar-refractivity contribution in [3.8, 4) is 0 Å². The van der Waals surface area contributed by atoms with Crippen LogP contribution in [0.25, 0.3) is 10.9 Å². The molecule has 3 nitrogen and oxygen atoms in total. The zero-order valence-electron chi connectivity index (χ0n) is 13.3. The minimum Gasteiger partial charge on any atom is -0.466 e. The molecule has 0 amide bonds. The number of esters is 1. The molecule has 0 N–H and O–H groups in total. The Morgan fingerprint density at radius 3 is 2.76 bits per heavy atom. The molecule has 1 aliphatic rings. The van der Waals surface area contributed by atoms with Gasteiger partial charge in [-0.25, -0.2) is 0 Å². The van der Waals surface area contributed by atoms with Crippen molar-refractivity contribution in [1.29, 1.82) is 0 Å². The minimum absolute atomic E-state index is 0.0182. The predicted molar refractivity (Wildman–Crippen MR) is 84.5 cm³/mol. The molecule has 0 fully saturated rings. The Balaban J connectivity index is 2.07. The second-order valence-corrected chi connectivity index (χ2v) is 6.13. The number of ether oxygens (including phenoxy) is 1. The molecule has 3 heteroatoms. The lowest BCUT2D eigenvalue weighted by Crippen LogP contribution is -2.25. The summed E-state index contributed by atoms with van der Waals surface area (Å²) >= 11 is 0. The molecule has 0 radical (unpaired) electrons. The summed E-state index contributed by atoms with van der Waals surface area (Å²) in [5.41, 5.74) is 6.65. The highest BCUT2D eigenvalue weighted by Gasteiger charge is 2.29. The summed E-state index contributed by atoms with van der Waals surface area (Å²) in [4.78, 5) is 12.0. The number of carbonyl (C=O) groups is 1. The third kappa shape index (κ3) is 2.25. The van der Waals surface area contributed by atoms with Gasteiger partial charge in [-0.3, -0.25) is 4.79 Å². The average molecular weight is 285 g/mol. The highest BCUT2D eigenvalue weighted by Crippen LogP contribution is 2.35. The molecule has 112 valence electrons. The van der Waals surface area contributed by atoms with Crippen molar-refractivity contribution in [2.75, 3.05) is 6.61 Å². The summed E-state index contributed by atoms with van der Waals surface area (Å²) in [5.74, 6) is -0.0198. The maximum atomic E-state index is 12.0. The van der Waals surface area contributed by atoms with Gasteiger partial charge in [0.2, 0.25) is 0 Å². The quantitative estimate of drug-likeness (QED) is 0.791. The van der Waals surface area contributed by atoms with Crippen molar-refractivity contribution in [3.05, 3.63) is 34.5 Å². The molecule has 0 saturated heterocycles. The SMILES string of the molecule is CCOC(=O)C1CCc2c(c3cc(C)c(C)cc3n2C)C1. The Labute approximate surface area is 125 Å². The molecule has 3 rings (SSSR count). The smallest absolute Gasteiger partial charge is 0.309 e. The van der Waals surface area contributed by atoms with Gasteiger partial charge >= 0.3 is 5.97 Å². The second-order valence-electron chi connectivity index (χ2n) is 6.13. The summed E-state index contributed by atoms with van der Waals surface area (Å²) in [6, 6.07) is 4.54. The van der Waals surface area contributed by atoms with Crippen LogP contribution in [-0.2, 0) is 29.4 Å². The lowest BCUT2D eigenvalue weighted by molar-refractivity contribution is -0.148. The first-order chi connectivity index (χ1) is 10.0. The molecule has 1 aromatic carbocycles. The molecule has 0 saturated carbocycles. The van der Waals surface area contributed by atoms with E-state index in [0.29, 0.717) is 6.61 Å². The zero-order valence-corrected chi connectivity index (χ0v) is 13.3. The molecule has 0 spiro atoms. The van der Waals surface area contributed by atoms with Crippen molar-refractivity contribution in [2.45, 2.75) is 40.0 Å². The molecule has 1 heterocycles. The topological polar surface area (TPSA) is 31.2 Å². The Morgan fingerprint density at radius 1 is 1.33 bits per heavy atom. The van der Waals surface area contributed by atoms with Crippen LogP contribution in [0.5, 0.6) is 0 Å². The Bertz CT molecular complexity index is 712. The van der Waals surface area contributed by atoms with Crippen LogP contribution >= 0.6 is 0 Å². The Hall–Kier alpha value is -1.77. The van der Waals surface area contributed by atoms with Gasteiger partial charge < -0.3 is 9.30 Å². The van der Waals surface area contributed by atoms with Crippen LogP contribution < -0.4 is 0 Å². The Morgan fingerprint density at radius 2 is 2.05 bits per heavy atom. The number of fused-ring (bicyclic) bond motifs is 3. The van der Waals surface area contributed by atoms with Gasteiger partial charge in [-0.05, 0) is 68.9 Å². The van der Waals surface area contributed by atoms with E-state index in [2.05, 4.69) is 37.6 Å². The number of benzene rings is 1. The highest BCUT2D eigenvalue weighted by atomic mass is 16.5. The summed E-state index contributed by atoms with van der Waals surface area (Å²) in [6.45, 7) is 6.65. The maximum absolute atomic E-state index is 12.0. The summed E-state index contributed by atoms with van der Waals surface area (Å²) in [5, 5.41) is 1.31. The third-order valence-corrected chi connectivity index (χ3v) is 4.85. The van der Waals surface area contributed by atoms with Crippen LogP contribution in [-0.4, -0.2) is 17.1 Å². The number of aryl methyl sites for hydroxylation is 3. The molecule has 1 aliphatic carbocycles. The average Bonchev–Trinajstić information content (AvgIpc) is 2.73. The minimum atomic E-state index is -0.0380. The first-order valence-electron chi connectivity index (χ1n) is 7.77. The van der Waals surface area contributed by atoms with Gasteiger partial charge in [0, 0.05) is 23.6 Å². The Kier molecular flexibility index (Phi) is 3.52. The normalized spacial score (nSPS) is 17.8. The van der Waals surface area contributed by atoms with Gasteiger partial charge in [0.25, 0.3) is 0 Å². The fourth-order valence-electron chi connectivity index (χ4n) is 3.49. The lowest BCUT2D eigenvalue weighted by atomic mass is 9.86. The van der Waals surface area contributed by atoms with Gasteiger partial charge in [0.15, 0.2) is 0 Å². The van der Waals surface area contributed by atoms with E-state index in [4.69, 9.17) is 4.74 Å². The zero-order chi connectivity index (χ0) is 15.1. The van der Waals surface area contributed by atoms with Crippen LogP contribution in [0.4, 0.5) is 0 Å². The van der Waals surface area contributed by atoms with Gasteiger partial charge in [-0.15, -0.1) is 0 Å². The molecule has 1 atom stereocenters. The van der Waals surface area contributed by atoms with E-state index >= 15 is 0 Å². The summed E-state index contributed by atoms with van der Waals surface area (Å²) < 4.78 is 7.52. The predicted octanol–water partition coefficient (Wildman–Crippen LogP) is 3.46. The van der Waals surface area contributed by atoms with E-state index in [-0.39, 0.29) is 11.9 Å². The van der Waals surface area contributed by atoms with E-state index in [1.807, 2.05) is 6.92 Å². The number of rotatable bonds is 2. The highest BCUT2D eigenvalue weighted by molar-refractivity contribution is 5.88. The van der Waals surface area contributed by atoms with E-state index in [1.165, 1.54) is 33.3 Å². The monoisotopic (exact) mass is 285 g/mol. The largest absolute Gasteiger partial charge is 0.466 e.